The van der Waals surface area contributed by atoms with Gasteiger partial charge in [0.15, 0.2) is 0 Å². The number of nitrogens with one attached hydrogen (secondary N) is 1. The predicted molar refractivity (Wildman–Crippen MR) is 75.7 cm³/mol. The third-order valence-electron chi connectivity index (χ3n) is 3.40. The first kappa shape index (κ1) is 12.2. The smallest absolute Gasteiger partial charge is 0.261 e. The van der Waals surface area contributed by atoms with Crippen LogP contribution >= 0.6 is 0 Å². The van der Waals surface area contributed by atoms with Gasteiger partial charge in [-0.25, -0.2) is 8.42 Å². The van der Waals surface area contributed by atoms with Crippen molar-refractivity contribution in [2.75, 3.05) is 4.72 Å². The summed E-state index contributed by atoms with van der Waals surface area (Å²) in [7, 11) is -3.48. The minimum absolute atomic E-state index is 0.287. The Morgan fingerprint density at radius 1 is 0.895 bits per heavy atom. The van der Waals surface area contributed by atoms with Crippen LogP contribution in [-0.4, -0.2) is 8.42 Å². The van der Waals surface area contributed by atoms with E-state index in [0.717, 1.165) is 19.3 Å². The lowest BCUT2D eigenvalue weighted by molar-refractivity contribution is 0.601. The zero-order valence-electron chi connectivity index (χ0n) is 10.5. The molecule has 0 heterocycles. The van der Waals surface area contributed by atoms with Gasteiger partial charge >= 0.3 is 0 Å². The SMILES string of the molecule is O=S(=O)(Nc1ccc2c(c1)CCC2)c1ccccc1. The van der Waals surface area contributed by atoms with Gasteiger partial charge < -0.3 is 0 Å². The number of fused-ring (bicyclic) bond motifs is 1. The molecule has 2 aromatic rings. The van der Waals surface area contributed by atoms with Gasteiger partial charge in [0.25, 0.3) is 10.0 Å². The van der Waals surface area contributed by atoms with Crippen molar-refractivity contribution in [1.29, 1.82) is 0 Å². The quantitative estimate of drug-likeness (QED) is 0.934. The first-order chi connectivity index (χ1) is 9.15. The summed E-state index contributed by atoms with van der Waals surface area (Å²) in [6.45, 7) is 0. The number of hydrogen-bond donors (Lipinski definition) is 1. The Labute approximate surface area is 113 Å². The fourth-order valence-electron chi connectivity index (χ4n) is 2.45. The highest BCUT2D eigenvalue weighted by Crippen LogP contribution is 2.26. The van der Waals surface area contributed by atoms with Crippen molar-refractivity contribution >= 4 is 15.7 Å². The van der Waals surface area contributed by atoms with Crippen LogP contribution in [-0.2, 0) is 22.9 Å². The molecule has 98 valence electrons. The molecule has 0 fully saturated rings. The van der Waals surface area contributed by atoms with Gasteiger partial charge in [0.05, 0.1) is 4.90 Å². The largest absolute Gasteiger partial charge is 0.280 e. The molecule has 0 saturated heterocycles. The van der Waals surface area contributed by atoms with E-state index in [1.807, 2.05) is 18.2 Å². The van der Waals surface area contributed by atoms with Gasteiger partial charge in [-0.1, -0.05) is 24.3 Å². The molecular weight excluding hydrogens is 258 g/mol. The van der Waals surface area contributed by atoms with Crippen LogP contribution < -0.4 is 4.72 Å². The van der Waals surface area contributed by atoms with Crippen molar-refractivity contribution in [3.05, 3.63) is 59.7 Å². The zero-order valence-corrected chi connectivity index (χ0v) is 11.3. The molecule has 19 heavy (non-hydrogen) atoms. The number of hydrogen-bond acceptors (Lipinski definition) is 2. The molecule has 3 nitrogen and oxygen atoms in total. The molecule has 0 aromatic heterocycles. The molecule has 0 spiro atoms. The maximum atomic E-state index is 12.2. The Hall–Kier alpha value is -1.81. The third-order valence-corrected chi connectivity index (χ3v) is 4.80. The Balaban J connectivity index is 1.89. The van der Waals surface area contributed by atoms with Gasteiger partial charge in [-0.3, -0.25) is 4.72 Å². The Morgan fingerprint density at radius 3 is 2.42 bits per heavy atom. The molecule has 1 N–H and O–H groups in total. The number of anilines is 1. The van der Waals surface area contributed by atoms with E-state index in [-0.39, 0.29) is 4.90 Å². The van der Waals surface area contributed by atoms with Crippen LogP contribution in [0, 0.1) is 0 Å². The predicted octanol–water partition coefficient (Wildman–Crippen LogP) is 2.98. The first-order valence-electron chi connectivity index (χ1n) is 6.35. The van der Waals surface area contributed by atoms with Gasteiger partial charge in [0, 0.05) is 5.69 Å². The van der Waals surface area contributed by atoms with Crippen molar-refractivity contribution in [3.63, 3.8) is 0 Å². The molecular formula is C15H15NO2S. The van der Waals surface area contributed by atoms with E-state index in [1.54, 1.807) is 30.3 Å². The first-order valence-corrected chi connectivity index (χ1v) is 7.83. The number of benzene rings is 2. The summed E-state index contributed by atoms with van der Waals surface area (Å²) in [6, 6.07) is 14.2. The average Bonchev–Trinajstić information content (AvgIpc) is 2.87. The van der Waals surface area contributed by atoms with E-state index < -0.39 is 10.0 Å². The van der Waals surface area contributed by atoms with E-state index in [9.17, 15) is 8.42 Å². The molecule has 2 aromatic carbocycles. The van der Waals surface area contributed by atoms with Crippen LogP contribution in [0.4, 0.5) is 5.69 Å². The summed E-state index contributed by atoms with van der Waals surface area (Å²) < 4.78 is 27.0. The zero-order chi connectivity index (χ0) is 13.3. The van der Waals surface area contributed by atoms with Gasteiger partial charge in [-0.05, 0) is 54.7 Å². The maximum Gasteiger partial charge on any atom is 0.261 e. The molecule has 3 rings (SSSR count). The second kappa shape index (κ2) is 4.70. The average molecular weight is 273 g/mol. The number of sulfonamides is 1. The van der Waals surface area contributed by atoms with Crippen LogP contribution in [0.3, 0.4) is 0 Å². The van der Waals surface area contributed by atoms with Gasteiger partial charge in [-0.2, -0.15) is 0 Å². The van der Waals surface area contributed by atoms with Crippen LogP contribution in [0.25, 0.3) is 0 Å². The van der Waals surface area contributed by atoms with E-state index in [4.69, 9.17) is 0 Å². The van der Waals surface area contributed by atoms with Crippen LogP contribution in [0.15, 0.2) is 53.4 Å². The molecule has 1 aliphatic carbocycles. The van der Waals surface area contributed by atoms with Crippen molar-refractivity contribution in [2.45, 2.75) is 24.2 Å². The van der Waals surface area contributed by atoms with E-state index in [1.165, 1.54) is 11.1 Å². The Bertz CT molecular complexity index is 693. The lowest BCUT2D eigenvalue weighted by Gasteiger charge is -2.09. The van der Waals surface area contributed by atoms with Gasteiger partial charge in [0.1, 0.15) is 0 Å². The van der Waals surface area contributed by atoms with E-state index in [0.29, 0.717) is 5.69 Å². The van der Waals surface area contributed by atoms with Crippen molar-refractivity contribution in [1.82, 2.24) is 0 Å². The topological polar surface area (TPSA) is 46.2 Å². The molecule has 0 bridgehead atoms. The minimum Gasteiger partial charge on any atom is -0.280 e. The molecule has 0 unspecified atom stereocenters. The second-order valence-corrected chi connectivity index (χ2v) is 6.44. The molecule has 0 aliphatic heterocycles. The number of aryl methyl sites for hydroxylation is 2. The van der Waals surface area contributed by atoms with E-state index >= 15 is 0 Å². The normalized spacial score (nSPS) is 14.1. The molecule has 0 atom stereocenters. The minimum atomic E-state index is -3.48. The Morgan fingerprint density at radius 2 is 1.63 bits per heavy atom. The molecule has 0 amide bonds. The highest BCUT2D eigenvalue weighted by molar-refractivity contribution is 7.92. The standard InChI is InChI=1S/C15H15NO2S/c17-19(18,15-7-2-1-3-8-15)16-14-10-9-12-5-4-6-13(12)11-14/h1-3,7-11,16H,4-6H2. The molecule has 1 aliphatic rings. The van der Waals surface area contributed by atoms with Crippen molar-refractivity contribution in [3.8, 4) is 0 Å². The monoisotopic (exact) mass is 273 g/mol. The Kier molecular flexibility index (Phi) is 3.03. The fraction of sp³-hybridized carbons (Fsp3) is 0.200. The summed E-state index contributed by atoms with van der Waals surface area (Å²) in [6.07, 6.45) is 3.29. The van der Waals surface area contributed by atoms with Crippen LogP contribution in [0.5, 0.6) is 0 Å². The highest BCUT2D eigenvalue weighted by Gasteiger charge is 2.16. The fourth-order valence-corrected chi connectivity index (χ4v) is 3.52. The molecule has 4 heteroatoms. The summed E-state index contributed by atoms with van der Waals surface area (Å²) in [5, 5.41) is 0. The molecule has 0 saturated carbocycles. The second-order valence-electron chi connectivity index (χ2n) is 4.76. The van der Waals surface area contributed by atoms with Crippen LogP contribution in [0.2, 0.25) is 0 Å². The summed E-state index contributed by atoms with van der Waals surface area (Å²) in [4.78, 5) is 0.287. The lowest BCUT2D eigenvalue weighted by atomic mass is 10.1. The van der Waals surface area contributed by atoms with Crippen molar-refractivity contribution < 1.29 is 8.42 Å². The molecule has 0 radical (unpaired) electrons. The summed E-state index contributed by atoms with van der Waals surface area (Å²) >= 11 is 0. The van der Waals surface area contributed by atoms with Gasteiger partial charge in [0.2, 0.25) is 0 Å². The van der Waals surface area contributed by atoms with Crippen LogP contribution in [0.1, 0.15) is 17.5 Å². The third kappa shape index (κ3) is 2.49. The van der Waals surface area contributed by atoms with Gasteiger partial charge in [-0.15, -0.1) is 0 Å². The lowest BCUT2D eigenvalue weighted by Crippen LogP contribution is -2.12. The van der Waals surface area contributed by atoms with E-state index in [2.05, 4.69) is 4.72 Å². The maximum absolute atomic E-state index is 12.2. The van der Waals surface area contributed by atoms with Crippen molar-refractivity contribution in [2.24, 2.45) is 0 Å². The summed E-state index contributed by atoms with van der Waals surface area (Å²) in [5.74, 6) is 0. The highest BCUT2D eigenvalue weighted by atomic mass is 32.2. The summed E-state index contributed by atoms with van der Waals surface area (Å²) in [5.41, 5.74) is 3.24. The number of rotatable bonds is 3.